The second kappa shape index (κ2) is 4.98. The molecule has 1 aromatic carbocycles. The van der Waals surface area contributed by atoms with E-state index in [-0.39, 0.29) is 0 Å². The lowest BCUT2D eigenvalue weighted by atomic mass is 9.91. The Bertz CT molecular complexity index is 456. The first kappa shape index (κ1) is 12.1. The van der Waals surface area contributed by atoms with E-state index in [4.69, 9.17) is 21.1 Å². The van der Waals surface area contributed by atoms with Gasteiger partial charge in [-0.3, -0.25) is 0 Å². The Morgan fingerprint density at radius 3 is 2.94 bits per heavy atom. The molecule has 1 N–H and O–H groups in total. The van der Waals surface area contributed by atoms with Gasteiger partial charge in [0.2, 0.25) is 0 Å². The third-order valence-electron chi connectivity index (χ3n) is 3.76. The molecule has 3 rings (SSSR count). The lowest BCUT2D eigenvalue weighted by Crippen LogP contribution is -2.17. The van der Waals surface area contributed by atoms with Crippen molar-refractivity contribution in [3.8, 4) is 11.5 Å². The van der Waals surface area contributed by atoms with Gasteiger partial charge in [0, 0.05) is 6.54 Å². The van der Waals surface area contributed by atoms with Gasteiger partial charge >= 0.3 is 0 Å². The van der Waals surface area contributed by atoms with Gasteiger partial charge in [0.15, 0.2) is 11.5 Å². The third-order valence-corrected chi connectivity index (χ3v) is 4.16. The molecule has 18 heavy (non-hydrogen) atoms. The zero-order valence-electron chi connectivity index (χ0n) is 10.6. The monoisotopic (exact) mass is 267 g/mol. The average molecular weight is 268 g/mol. The van der Waals surface area contributed by atoms with Crippen LogP contribution in [0.15, 0.2) is 6.07 Å². The van der Waals surface area contributed by atoms with E-state index in [0.717, 1.165) is 36.0 Å². The number of halogens is 1. The van der Waals surface area contributed by atoms with E-state index in [2.05, 4.69) is 18.3 Å². The molecule has 1 saturated heterocycles. The van der Waals surface area contributed by atoms with Crippen molar-refractivity contribution in [2.24, 2.45) is 0 Å². The highest BCUT2D eigenvalue weighted by atomic mass is 35.5. The Hall–Kier alpha value is -0.930. The number of hydrogen-bond donors (Lipinski definition) is 1. The lowest BCUT2D eigenvalue weighted by Gasteiger charge is -2.24. The number of benzene rings is 1. The maximum absolute atomic E-state index is 6.49. The van der Waals surface area contributed by atoms with Crippen LogP contribution in [0.1, 0.15) is 30.4 Å². The first-order valence-corrected chi connectivity index (χ1v) is 7.00. The minimum Gasteiger partial charge on any atom is -0.486 e. The zero-order chi connectivity index (χ0) is 12.5. The van der Waals surface area contributed by atoms with E-state index in [0.29, 0.717) is 19.1 Å². The predicted octanol–water partition coefficient (Wildman–Crippen LogP) is 2.75. The normalized spacial score (nSPS) is 22.2. The summed E-state index contributed by atoms with van der Waals surface area (Å²) in [5, 5.41) is 4.15. The fourth-order valence-corrected chi connectivity index (χ4v) is 3.24. The van der Waals surface area contributed by atoms with Crippen LogP contribution in [0.5, 0.6) is 11.5 Å². The van der Waals surface area contributed by atoms with Gasteiger partial charge in [-0.2, -0.15) is 0 Å². The molecule has 0 aromatic heterocycles. The molecule has 0 bridgehead atoms. The van der Waals surface area contributed by atoms with E-state index in [1.165, 1.54) is 17.5 Å². The fourth-order valence-electron chi connectivity index (χ4n) is 2.85. The minimum absolute atomic E-state index is 0.549. The smallest absolute Gasteiger partial charge is 0.180 e. The SMILES string of the molecule is CCc1c(C2CCNC2)cc2c(c1Cl)OCCO2. The molecule has 1 atom stereocenters. The van der Waals surface area contributed by atoms with Gasteiger partial charge in [0.1, 0.15) is 13.2 Å². The Morgan fingerprint density at radius 2 is 2.22 bits per heavy atom. The van der Waals surface area contributed by atoms with E-state index in [1.807, 2.05) is 0 Å². The molecular formula is C14H18ClNO2. The van der Waals surface area contributed by atoms with Crippen LogP contribution in [-0.2, 0) is 6.42 Å². The van der Waals surface area contributed by atoms with Crippen molar-refractivity contribution in [3.05, 3.63) is 22.2 Å². The average Bonchev–Trinajstić information content (AvgIpc) is 2.92. The van der Waals surface area contributed by atoms with Gasteiger partial charge in [-0.05, 0) is 42.5 Å². The van der Waals surface area contributed by atoms with Crippen molar-refractivity contribution in [3.63, 3.8) is 0 Å². The van der Waals surface area contributed by atoms with Crippen molar-refractivity contribution in [2.75, 3.05) is 26.3 Å². The molecule has 1 fully saturated rings. The maximum Gasteiger partial charge on any atom is 0.180 e. The highest BCUT2D eigenvalue weighted by molar-refractivity contribution is 6.33. The molecular weight excluding hydrogens is 250 g/mol. The van der Waals surface area contributed by atoms with Gasteiger partial charge in [-0.1, -0.05) is 18.5 Å². The Balaban J connectivity index is 2.09. The van der Waals surface area contributed by atoms with E-state index in [9.17, 15) is 0 Å². The van der Waals surface area contributed by atoms with Crippen LogP contribution >= 0.6 is 11.6 Å². The zero-order valence-corrected chi connectivity index (χ0v) is 11.3. The van der Waals surface area contributed by atoms with Crippen LogP contribution in [0.25, 0.3) is 0 Å². The summed E-state index contributed by atoms with van der Waals surface area (Å²) in [5.74, 6) is 2.09. The molecule has 0 amide bonds. The Morgan fingerprint density at radius 1 is 1.39 bits per heavy atom. The second-order valence-corrected chi connectivity index (χ2v) is 5.20. The molecule has 2 aliphatic rings. The van der Waals surface area contributed by atoms with Gasteiger partial charge in [0.05, 0.1) is 5.02 Å². The molecule has 2 aliphatic heterocycles. The van der Waals surface area contributed by atoms with Crippen molar-refractivity contribution < 1.29 is 9.47 Å². The number of rotatable bonds is 2. The van der Waals surface area contributed by atoms with Gasteiger partial charge < -0.3 is 14.8 Å². The molecule has 3 nitrogen and oxygen atoms in total. The quantitative estimate of drug-likeness (QED) is 0.894. The predicted molar refractivity (Wildman–Crippen MR) is 72.0 cm³/mol. The minimum atomic E-state index is 0.549. The molecule has 4 heteroatoms. The standard InChI is InChI=1S/C14H18ClNO2/c1-2-10-11(9-3-4-16-8-9)7-12-14(13(10)15)18-6-5-17-12/h7,9,16H,2-6,8H2,1H3. The maximum atomic E-state index is 6.49. The van der Waals surface area contributed by atoms with Crippen LogP contribution in [0.4, 0.5) is 0 Å². The van der Waals surface area contributed by atoms with Crippen molar-refractivity contribution in [2.45, 2.75) is 25.7 Å². The van der Waals surface area contributed by atoms with E-state index < -0.39 is 0 Å². The summed E-state index contributed by atoms with van der Waals surface area (Å²) in [6.45, 7) is 5.45. The first-order chi connectivity index (χ1) is 8.81. The molecule has 98 valence electrons. The molecule has 1 unspecified atom stereocenters. The fraction of sp³-hybridized carbons (Fsp3) is 0.571. The van der Waals surface area contributed by atoms with Crippen LogP contribution in [0, 0.1) is 0 Å². The second-order valence-electron chi connectivity index (χ2n) is 4.83. The molecule has 1 aromatic rings. The van der Waals surface area contributed by atoms with Crippen LogP contribution in [0.3, 0.4) is 0 Å². The largest absolute Gasteiger partial charge is 0.486 e. The third kappa shape index (κ3) is 1.95. The highest BCUT2D eigenvalue weighted by Crippen LogP contribution is 2.44. The van der Waals surface area contributed by atoms with Crippen LogP contribution in [-0.4, -0.2) is 26.3 Å². The number of ether oxygens (including phenoxy) is 2. The highest BCUT2D eigenvalue weighted by Gasteiger charge is 2.26. The topological polar surface area (TPSA) is 30.5 Å². The van der Waals surface area contributed by atoms with Gasteiger partial charge in [-0.15, -0.1) is 0 Å². The summed E-state index contributed by atoms with van der Waals surface area (Å²) < 4.78 is 11.3. The molecule has 0 saturated carbocycles. The Labute approximate surface area is 112 Å². The van der Waals surface area contributed by atoms with Gasteiger partial charge in [0.25, 0.3) is 0 Å². The molecule has 0 radical (unpaired) electrons. The first-order valence-electron chi connectivity index (χ1n) is 6.62. The molecule has 2 heterocycles. The molecule has 0 aliphatic carbocycles. The lowest BCUT2D eigenvalue weighted by molar-refractivity contribution is 0.171. The van der Waals surface area contributed by atoms with Crippen LogP contribution < -0.4 is 14.8 Å². The van der Waals surface area contributed by atoms with Crippen molar-refractivity contribution >= 4 is 11.6 Å². The van der Waals surface area contributed by atoms with Crippen molar-refractivity contribution in [1.29, 1.82) is 0 Å². The summed E-state index contributed by atoms with van der Waals surface area (Å²) in [5.41, 5.74) is 2.55. The van der Waals surface area contributed by atoms with Crippen LogP contribution in [0.2, 0.25) is 5.02 Å². The van der Waals surface area contributed by atoms with E-state index in [1.54, 1.807) is 0 Å². The number of fused-ring (bicyclic) bond motifs is 1. The summed E-state index contributed by atoms with van der Waals surface area (Å²) in [7, 11) is 0. The summed E-state index contributed by atoms with van der Waals surface area (Å²) >= 11 is 6.49. The number of hydrogen-bond acceptors (Lipinski definition) is 3. The summed E-state index contributed by atoms with van der Waals surface area (Å²) in [6.07, 6.45) is 2.10. The van der Waals surface area contributed by atoms with E-state index >= 15 is 0 Å². The number of nitrogens with one attached hydrogen (secondary N) is 1. The Kier molecular flexibility index (Phi) is 3.35. The van der Waals surface area contributed by atoms with Crippen molar-refractivity contribution in [1.82, 2.24) is 5.32 Å². The summed E-state index contributed by atoms with van der Waals surface area (Å²) in [6, 6.07) is 2.14. The molecule has 0 spiro atoms. The van der Waals surface area contributed by atoms with Gasteiger partial charge in [-0.25, -0.2) is 0 Å². The summed E-state index contributed by atoms with van der Waals surface area (Å²) in [4.78, 5) is 0.